The first-order valence-corrected chi connectivity index (χ1v) is 16.8. The third-order valence-electron chi connectivity index (χ3n) is 7.45. The SMILES string of the molecule is O=C(NCc1ccc(Cl)cc1Cl)[C@@H](c1ccccc1)N(Cc1ccccc1)C(=O)COc1ccc(S(=O)(=O)N2CCOCC2)cc1. The average Bonchev–Trinajstić information content (AvgIpc) is 3.08. The first-order valence-electron chi connectivity index (χ1n) is 14.6. The maximum Gasteiger partial charge on any atom is 0.261 e. The molecule has 4 aromatic rings. The summed E-state index contributed by atoms with van der Waals surface area (Å²) in [6.07, 6.45) is 0. The lowest BCUT2D eigenvalue weighted by molar-refractivity contribution is -0.143. The van der Waals surface area contributed by atoms with Crippen LogP contribution >= 0.6 is 23.2 Å². The molecule has 1 aliphatic heterocycles. The lowest BCUT2D eigenvalue weighted by atomic mass is 10.0. The van der Waals surface area contributed by atoms with E-state index in [1.54, 1.807) is 42.5 Å². The minimum atomic E-state index is -3.68. The number of sulfonamides is 1. The first kappa shape index (κ1) is 33.4. The monoisotopic (exact) mass is 681 g/mol. The highest BCUT2D eigenvalue weighted by Gasteiger charge is 2.32. The number of rotatable bonds is 12. The molecule has 0 aromatic heterocycles. The molecule has 0 unspecified atom stereocenters. The van der Waals surface area contributed by atoms with Crippen LogP contribution in [0.15, 0.2) is 108 Å². The number of amides is 2. The Kier molecular flexibility index (Phi) is 11.3. The molecule has 1 aliphatic rings. The molecule has 0 aliphatic carbocycles. The molecular formula is C34H33Cl2N3O6S. The number of carbonyl (C=O) groups is 2. The molecule has 1 saturated heterocycles. The predicted molar refractivity (Wildman–Crippen MR) is 176 cm³/mol. The molecule has 2 amide bonds. The maximum absolute atomic E-state index is 13.9. The van der Waals surface area contributed by atoms with E-state index in [0.717, 1.165) is 5.56 Å². The largest absolute Gasteiger partial charge is 0.484 e. The highest BCUT2D eigenvalue weighted by Crippen LogP contribution is 2.26. The van der Waals surface area contributed by atoms with Crippen molar-refractivity contribution < 1.29 is 27.5 Å². The van der Waals surface area contributed by atoms with Crippen LogP contribution in [0.25, 0.3) is 0 Å². The highest BCUT2D eigenvalue weighted by atomic mass is 35.5. The zero-order chi connectivity index (χ0) is 32.5. The van der Waals surface area contributed by atoms with Crippen LogP contribution < -0.4 is 10.1 Å². The topological polar surface area (TPSA) is 105 Å². The van der Waals surface area contributed by atoms with Crippen LogP contribution in [0.4, 0.5) is 0 Å². The van der Waals surface area contributed by atoms with Crippen LogP contribution in [0, 0.1) is 0 Å². The van der Waals surface area contributed by atoms with E-state index in [0.29, 0.717) is 40.1 Å². The van der Waals surface area contributed by atoms with Crippen LogP contribution in [0.5, 0.6) is 5.75 Å². The van der Waals surface area contributed by atoms with Gasteiger partial charge in [-0.15, -0.1) is 0 Å². The number of hydrogen-bond donors (Lipinski definition) is 1. The summed E-state index contributed by atoms with van der Waals surface area (Å²) in [5.74, 6) is -0.534. The van der Waals surface area contributed by atoms with Crippen molar-refractivity contribution in [1.29, 1.82) is 0 Å². The van der Waals surface area contributed by atoms with Crippen LogP contribution in [0.2, 0.25) is 10.0 Å². The van der Waals surface area contributed by atoms with Gasteiger partial charge in [-0.1, -0.05) is 89.9 Å². The molecule has 0 saturated carbocycles. The molecule has 0 bridgehead atoms. The Balaban J connectivity index is 1.36. The summed E-state index contributed by atoms with van der Waals surface area (Å²) in [4.78, 5) is 29.4. The van der Waals surface area contributed by atoms with Gasteiger partial charge in [0, 0.05) is 36.2 Å². The third kappa shape index (κ3) is 8.45. The van der Waals surface area contributed by atoms with Crippen LogP contribution in [-0.4, -0.2) is 62.3 Å². The minimum Gasteiger partial charge on any atom is -0.484 e. The molecule has 1 atom stereocenters. The number of nitrogens with one attached hydrogen (secondary N) is 1. The summed E-state index contributed by atoms with van der Waals surface area (Å²) in [7, 11) is -3.68. The molecule has 5 rings (SSSR count). The summed E-state index contributed by atoms with van der Waals surface area (Å²) < 4.78 is 38.5. The smallest absolute Gasteiger partial charge is 0.261 e. The molecule has 0 radical (unpaired) electrons. The maximum atomic E-state index is 13.9. The van der Waals surface area contributed by atoms with E-state index in [2.05, 4.69) is 5.32 Å². The summed E-state index contributed by atoms with van der Waals surface area (Å²) >= 11 is 12.4. The van der Waals surface area contributed by atoms with Crippen LogP contribution in [-0.2, 0) is 37.4 Å². The second-order valence-corrected chi connectivity index (χ2v) is 13.3. The number of hydrogen-bond acceptors (Lipinski definition) is 6. The van der Waals surface area contributed by atoms with Gasteiger partial charge >= 0.3 is 0 Å². The molecule has 1 fully saturated rings. The molecule has 240 valence electrons. The van der Waals surface area contributed by atoms with Gasteiger partial charge < -0.3 is 19.7 Å². The lowest BCUT2D eigenvalue weighted by Crippen LogP contribution is -2.45. The van der Waals surface area contributed by atoms with Gasteiger partial charge in [0.25, 0.3) is 5.91 Å². The number of nitrogens with zero attached hydrogens (tertiary/aromatic N) is 2. The number of carbonyl (C=O) groups excluding carboxylic acids is 2. The Morgan fingerprint density at radius 1 is 0.891 bits per heavy atom. The van der Waals surface area contributed by atoms with Gasteiger partial charge in [-0.25, -0.2) is 8.42 Å². The highest BCUT2D eigenvalue weighted by molar-refractivity contribution is 7.89. The van der Waals surface area contributed by atoms with Gasteiger partial charge in [-0.3, -0.25) is 9.59 Å². The summed E-state index contributed by atoms with van der Waals surface area (Å²) in [6, 6.07) is 28.3. The zero-order valence-corrected chi connectivity index (χ0v) is 27.2. The van der Waals surface area contributed by atoms with Crippen molar-refractivity contribution in [2.45, 2.75) is 24.0 Å². The first-order chi connectivity index (χ1) is 22.2. The molecular weight excluding hydrogens is 649 g/mol. The van der Waals surface area contributed by atoms with E-state index in [1.165, 1.54) is 33.5 Å². The summed E-state index contributed by atoms with van der Waals surface area (Å²) in [5, 5.41) is 3.83. The van der Waals surface area contributed by atoms with Crippen LogP contribution in [0.3, 0.4) is 0 Å². The standard InChI is InChI=1S/C34H33Cl2N3O6S/c35-28-12-11-27(31(36)21-28)22-37-34(41)33(26-9-5-2-6-10-26)39(23-25-7-3-1-4-8-25)32(40)24-45-29-13-15-30(16-14-29)46(42,43)38-17-19-44-20-18-38/h1-16,21,33H,17-20,22-24H2,(H,37,41)/t33-/m1/s1. The average molecular weight is 683 g/mol. The van der Waals surface area contributed by atoms with Gasteiger partial charge in [-0.2, -0.15) is 4.31 Å². The predicted octanol–water partition coefficient (Wildman–Crippen LogP) is 5.48. The van der Waals surface area contributed by atoms with E-state index >= 15 is 0 Å². The normalized spacial score (nSPS) is 14.3. The molecule has 12 heteroatoms. The van der Waals surface area contributed by atoms with Crippen molar-refractivity contribution in [3.8, 4) is 5.75 Å². The van der Waals surface area contributed by atoms with Gasteiger partial charge in [0.2, 0.25) is 15.9 Å². The Morgan fingerprint density at radius 3 is 2.20 bits per heavy atom. The second-order valence-electron chi connectivity index (χ2n) is 10.6. The third-order valence-corrected chi connectivity index (χ3v) is 9.95. The fourth-order valence-corrected chi connectivity index (χ4v) is 6.91. The number of ether oxygens (including phenoxy) is 2. The van der Waals surface area contributed by atoms with Crippen molar-refractivity contribution in [3.63, 3.8) is 0 Å². The molecule has 1 N–H and O–H groups in total. The van der Waals surface area contributed by atoms with E-state index in [-0.39, 0.29) is 37.7 Å². The number of benzene rings is 4. The van der Waals surface area contributed by atoms with E-state index < -0.39 is 27.9 Å². The zero-order valence-electron chi connectivity index (χ0n) is 24.9. The minimum absolute atomic E-state index is 0.125. The van der Waals surface area contributed by atoms with E-state index in [4.69, 9.17) is 32.7 Å². The van der Waals surface area contributed by atoms with Crippen LogP contribution in [0.1, 0.15) is 22.7 Å². The molecule has 9 nitrogen and oxygen atoms in total. The van der Waals surface area contributed by atoms with Gasteiger partial charge in [0.05, 0.1) is 18.1 Å². The Morgan fingerprint density at radius 2 is 1.54 bits per heavy atom. The van der Waals surface area contributed by atoms with Crippen molar-refractivity contribution in [3.05, 3.63) is 130 Å². The summed E-state index contributed by atoms with van der Waals surface area (Å²) in [6.45, 7) is 1.14. The van der Waals surface area contributed by atoms with Gasteiger partial charge in [0.1, 0.15) is 11.8 Å². The lowest BCUT2D eigenvalue weighted by Gasteiger charge is -2.31. The Labute approximate surface area is 278 Å². The second kappa shape index (κ2) is 15.6. The van der Waals surface area contributed by atoms with Crippen molar-refractivity contribution in [2.24, 2.45) is 0 Å². The fraction of sp³-hybridized carbons (Fsp3) is 0.235. The molecule has 0 spiro atoms. The molecule has 4 aromatic carbocycles. The van der Waals surface area contributed by atoms with Crippen molar-refractivity contribution in [1.82, 2.24) is 14.5 Å². The van der Waals surface area contributed by atoms with E-state index in [1.807, 2.05) is 36.4 Å². The number of morpholine rings is 1. The number of halogens is 2. The van der Waals surface area contributed by atoms with Gasteiger partial charge in [-0.05, 0) is 53.1 Å². The fourth-order valence-electron chi connectivity index (χ4n) is 5.03. The Hall–Kier alpha value is -3.93. The van der Waals surface area contributed by atoms with Gasteiger partial charge in [0.15, 0.2) is 6.61 Å². The van der Waals surface area contributed by atoms with E-state index in [9.17, 15) is 18.0 Å². The quantitative estimate of drug-likeness (QED) is 0.212. The summed E-state index contributed by atoms with van der Waals surface area (Å²) in [5.41, 5.74) is 2.11. The Bertz CT molecular complexity index is 1740. The molecule has 1 heterocycles. The molecule has 46 heavy (non-hydrogen) atoms. The van der Waals surface area contributed by atoms with Crippen molar-refractivity contribution >= 4 is 45.0 Å². The van der Waals surface area contributed by atoms with Crippen molar-refractivity contribution in [2.75, 3.05) is 32.9 Å².